The highest BCUT2D eigenvalue weighted by atomic mass is 35.5. The number of carbonyl (C=O) groups is 2. The highest BCUT2D eigenvalue weighted by Gasteiger charge is 2.26. The molecule has 0 heterocycles. The summed E-state index contributed by atoms with van der Waals surface area (Å²) in [5, 5.41) is 3.51. The molecule has 2 aromatic rings. The van der Waals surface area contributed by atoms with Gasteiger partial charge in [0.2, 0.25) is 5.91 Å². The van der Waals surface area contributed by atoms with Crippen LogP contribution in [0.5, 0.6) is 5.75 Å². The number of carbonyl (C=O) groups excluding carboxylic acids is 2. The number of nitrogens with one attached hydrogen (secondary N) is 1. The molecule has 0 fully saturated rings. The van der Waals surface area contributed by atoms with Crippen LogP contribution in [0.3, 0.4) is 0 Å². The molecule has 0 aromatic heterocycles. The Bertz CT molecular complexity index is 778. The normalized spacial score (nSPS) is 11.8. The zero-order valence-corrected chi connectivity index (χ0v) is 18.0. The van der Waals surface area contributed by atoms with E-state index in [1.807, 2.05) is 44.2 Å². The number of halogens is 1. The summed E-state index contributed by atoms with van der Waals surface area (Å²) >= 11 is 5.88. The maximum atomic E-state index is 12.9. The lowest BCUT2D eigenvalue weighted by molar-refractivity contribution is -0.141. The molecule has 2 rings (SSSR count). The standard InChI is InChI=1S/C23H29ClN2O3/c1-17(2)15-25-23(28)18(3)26(14-13-19-7-5-4-6-8-19)22(27)16-29-21-11-9-20(24)10-12-21/h4-12,17-18H,13-16H2,1-3H3,(H,25,28)/t18-/m1/s1. The molecule has 0 aliphatic carbocycles. The molecule has 1 N–H and O–H groups in total. The van der Waals surface area contributed by atoms with Crippen molar-refractivity contribution in [3.63, 3.8) is 0 Å². The first kappa shape index (κ1) is 22.8. The van der Waals surface area contributed by atoms with E-state index in [0.717, 1.165) is 5.56 Å². The Balaban J connectivity index is 2.03. The molecule has 1 atom stereocenters. The first-order chi connectivity index (χ1) is 13.9. The SMILES string of the molecule is CC(C)CNC(=O)[C@@H](C)N(CCc1ccccc1)C(=O)COc1ccc(Cl)cc1. The van der Waals surface area contributed by atoms with E-state index in [4.69, 9.17) is 16.3 Å². The van der Waals surface area contributed by atoms with Crippen LogP contribution < -0.4 is 10.1 Å². The number of ether oxygens (including phenoxy) is 1. The summed E-state index contributed by atoms with van der Waals surface area (Å²) in [7, 11) is 0. The van der Waals surface area contributed by atoms with Crippen LogP contribution in [0.2, 0.25) is 5.02 Å². The minimum absolute atomic E-state index is 0.141. The van der Waals surface area contributed by atoms with Gasteiger partial charge in [-0.2, -0.15) is 0 Å². The fraction of sp³-hybridized carbons (Fsp3) is 0.391. The quantitative estimate of drug-likeness (QED) is 0.638. The second kappa shape index (κ2) is 11.5. The monoisotopic (exact) mass is 416 g/mol. The van der Waals surface area contributed by atoms with E-state index in [1.165, 1.54) is 0 Å². The average molecular weight is 417 g/mol. The predicted molar refractivity (Wildman–Crippen MR) is 116 cm³/mol. The second-order valence-electron chi connectivity index (χ2n) is 7.38. The zero-order chi connectivity index (χ0) is 21.2. The first-order valence-electron chi connectivity index (χ1n) is 9.86. The molecule has 5 nitrogen and oxygen atoms in total. The summed E-state index contributed by atoms with van der Waals surface area (Å²) in [5.41, 5.74) is 1.11. The zero-order valence-electron chi connectivity index (χ0n) is 17.2. The minimum Gasteiger partial charge on any atom is -0.484 e. The molecule has 6 heteroatoms. The van der Waals surface area contributed by atoms with Crippen LogP contribution in [0.25, 0.3) is 0 Å². The topological polar surface area (TPSA) is 58.6 Å². The van der Waals surface area contributed by atoms with Crippen LogP contribution in [0.1, 0.15) is 26.3 Å². The van der Waals surface area contributed by atoms with Gasteiger partial charge < -0.3 is 15.0 Å². The van der Waals surface area contributed by atoms with Crippen molar-refractivity contribution in [2.45, 2.75) is 33.2 Å². The number of rotatable bonds is 10. The molecule has 156 valence electrons. The van der Waals surface area contributed by atoms with Crippen LogP contribution in [-0.2, 0) is 16.0 Å². The predicted octanol–water partition coefficient (Wildman–Crippen LogP) is 3.95. The molecule has 29 heavy (non-hydrogen) atoms. The van der Waals surface area contributed by atoms with E-state index in [2.05, 4.69) is 5.32 Å². The van der Waals surface area contributed by atoms with E-state index >= 15 is 0 Å². The minimum atomic E-state index is -0.584. The van der Waals surface area contributed by atoms with Crippen LogP contribution in [0.4, 0.5) is 0 Å². The summed E-state index contributed by atoms with van der Waals surface area (Å²) in [5.74, 6) is 0.505. The van der Waals surface area contributed by atoms with Crippen molar-refractivity contribution in [3.8, 4) is 5.75 Å². The molecule has 0 spiro atoms. The average Bonchev–Trinajstić information content (AvgIpc) is 2.72. The van der Waals surface area contributed by atoms with Crippen LogP contribution in [-0.4, -0.2) is 42.5 Å². The van der Waals surface area contributed by atoms with Gasteiger partial charge >= 0.3 is 0 Å². The summed E-state index contributed by atoms with van der Waals surface area (Å²) in [6, 6.07) is 16.1. The maximum Gasteiger partial charge on any atom is 0.261 e. The Hall–Kier alpha value is -2.53. The van der Waals surface area contributed by atoms with Crippen LogP contribution >= 0.6 is 11.6 Å². The van der Waals surface area contributed by atoms with Gasteiger partial charge in [0.1, 0.15) is 11.8 Å². The van der Waals surface area contributed by atoms with Crippen LogP contribution in [0.15, 0.2) is 54.6 Å². The van der Waals surface area contributed by atoms with E-state index in [-0.39, 0.29) is 18.4 Å². The van der Waals surface area contributed by atoms with E-state index < -0.39 is 6.04 Å². The molecule has 2 amide bonds. The molecule has 0 unspecified atom stereocenters. The van der Waals surface area contributed by atoms with Gasteiger partial charge in [-0.1, -0.05) is 55.8 Å². The molecule has 0 aliphatic rings. The van der Waals surface area contributed by atoms with E-state index in [1.54, 1.807) is 36.1 Å². The van der Waals surface area contributed by atoms with Crippen molar-refractivity contribution in [1.82, 2.24) is 10.2 Å². The van der Waals surface area contributed by atoms with Gasteiger partial charge in [-0.05, 0) is 49.1 Å². The molecule has 0 saturated heterocycles. The van der Waals surface area contributed by atoms with Gasteiger partial charge in [0.05, 0.1) is 0 Å². The fourth-order valence-corrected chi connectivity index (χ4v) is 2.91. The number of nitrogens with zero attached hydrogens (tertiary/aromatic N) is 1. The van der Waals surface area contributed by atoms with Gasteiger partial charge in [0.15, 0.2) is 6.61 Å². The van der Waals surface area contributed by atoms with Crippen molar-refractivity contribution >= 4 is 23.4 Å². The highest BCUT2D eigenvalue weighted by molar-refractivity contribution is 6.30. The number of hydrogen-bond donors (Lipinski definition) is 1. The third kappa shape index (κ3) is 7.78. The van der Waals surface area contributed by atoms with Gasteiger partial charge in [-0.25, -0.2) is 0 Å². The summed E-state index contributed by atoms with van der Waals surface area (Å²) in [6.45, 7) is 6.68. The lowest BCUT2D eigenvalue weighted by atomic mass is 10.1. The van der Waals surface area contributed by atoms with Crippen molar-refractivity contribution in [1.29, 1.82) is 0 Å². The van der Waals surface area contributed by atoms with E-state index in [0.29, 0.717) is 36.2 Å². The Kier molecular flexibility index (Phi) is 9.00. The Labute approximate surface area is 178 Å². The Morgan fingerprint density at radius 2 is 1.69 bits per heavy atom. The van der Waals surface area contributed by atoms with Crippen molar-refractivity contribution in [2.75, 3.05) is 19.7 Å². The lowest BCUT2D eigenvalue weighted by Gasteiger charge is -2.29. The molecule has 0 bridgehead atoms. The van der Waals surface area contributed by atoms with Gasteiger partial charge in [-0.15, -0.1) is 0 Å². The number of amides is 2. The van der Waals surface area contributed by atoms with Crippen molar-refractivity contribution in [3.05, 3.63) is 65.2 Å². The molecule has 0 radical (unpaired) electrons. The third-order valence-corrected chi connectivity index (χ3v) is 4.76. The third-order valence-electron chi connectivity index (χ3n) is 4.51. The summed E-state index contributed by atoms with van der Waals surface area (Å²) in [6.07, 6.45) is 0.662. The molecular weight excluding hydrogens is 388 g/mol. The van der Waals surface area contributed by atoms with Gasteiger partial charge in [0, 0.05) is 18.1 Å². The van der Waals surface area contributed by atoms with E-state index in [9.17, 15) is 9.59 Å². The molecule has 0 aliphatic heterocycles. The van der Waals surface area contributed by atoms with Gasteiger partial charge in [-0.3, -0.25) is 9.59 Å². The first-order valence-corrected chi connectivity index (χ1v) is 10.2. The van der Waals surface area contributed by atoms with Gasteiger partial charge in [0.25, 0.3) is 5.91 Å². The van der Waals surface area contributed by atoms with Crippen molar-refractivity contribution < 1.29 is 14.3 Å². The van der Waals surface area contributed by atoms with Crippen molar-refractivity contribution in [2.24, 2.45) is 5.92 Å². The highest BCUT2D eigenvalue weighted by Crippen LogP contribution is 2.16. The Morgan fingerprint density at radius 3 is 2.31 bits per heavy atom. The largest absolute Gasteiger partial charge is 0.484 e. The second-order valence-corrected chi connectivity index (χ2v) is 7.82. The molecule has 2 aromatic carbocycles. The van der Waals surface area contributed by atoms with Crippen LogP contribution in [0, 0.1) is 5.92 Å². The molecule has 0 saturated carbocycles. The lowest BCUT2D eigenvalue weighted by Crippen LogP contribution is -2.50. The number of hydrogen-bond acceptors (Lipinski definition) is 3. The summed E-state index contributed by atoms with van der Waals surface area (Å²) < 4.78 is 5.60. The molecular formula is C23H29ClN2O3. The smallest absolute Gasteiger partial charge is 0.261 e. The Morgan fingerprint density at radius 1 is 1.03 bits per heavy atom. The summed E-state index contributed by atoms with van der Waals surface area (Å²) in [4.78, 5) is 27.0. The fourth-order valence-electron chi connectivity index (χ4n) is 2.78. The number of benzene rings is 2. The maximum absolute atomic E-state index is 12.9.